The lowest BCUT2D eigenvalue weighted by Gasteiger charge is -2.48. The second-order valence-corrected chi connectivity index (χ2v) is 19.2. The zero-order valence-electron chi connectivity index (χ0n) is 30.0. The first kappa shape index (κ1) is 36.0. The third kappa shape index (κ3) is 8.13. The van der Waals surface area contributed by atoms with E-state index in [1.54, 1.807) is 0 Å². The van der Waals surface area contributed by atoms with E-state index in [0.29, 0.717) is 6.61 Å². The largest absolute Gasteiger partial charge is 0.403 e. The smallest absolute Gasteiger partial charge is 0.261 e. The molecule has 3 aliphatic rings. The molecule has 0 saturated carbocycles. The molecule has 5 atom stereocenters. The first-order valence-electron chi connectivity index (χ1n) is 17.5. The van der Waals surface area contributed by atoms with E-state index in [0.717, 1.165) is 31.3 Å². The zero-order valence-corrected chi connectivity index (χ0v) is 31.0. The van der Waals surface area contributed by atoms with Gasteiger partial charge in [-0.2, -0.15) is 0 Å². The van der Waals surface area contributed by atoms with Crippen molar-refractivity contribution >= 4 is 18.7 Å². The van der Waals surface area contributed by atoms with E-state index in [2.05, 4.69) is 152 Å². The average Bonchev–Trinajstić information content (AvgIpc) is 3.04. The fourth-order valence-electron chi connectivity index (χ4n) is 7.50. The van der Waals surface area contributed by atoms with Gasteiger partial charge < -0.3 is 18.6 Å². The predicted octanol–water partition coefficient (Wildman–Crippen LogP) is 8.61. The lowest BCUT2D eigenvalue weighted by atomic mass is 9.78. The van der Waals surface area contributed by atoms with Crippen molar-refractivity contribution in [2.24, 2.45) is 5.92 Å². The molecule has 0 fully saturated rings. The van der Waals surface area contributed by atoms with Gasteiger partial charge in [0.05, 0.1) is 24.9 Å². The minimum Gasteiger partial charge on any atom is -0.403 e. The van der Waals surface area contributed by atoms with Gasteiger partial charge in [0.2, 0.25) is 5.79 Å². The zero-order chi connectivity index (χ0) is 34.4. The molecule has 5 rings (SSSR count). The Kier molecular flexibility index (Phi) is 11.7. The molecule has 0 aromatic heterocycles. The van der Waals surface area contributed by atoms with Gasteiger partial charge >= 0.3 is 0 Å². The molecular weight excluding hydrogens is 609 g/mol. The van der Waals surface area contributed by atoms with Crippen LogP contribution >= 0.6 is 0 Å². The van der Waals surface area contributed by atoms with E-state index >= 15 is 0 Å². The Morgan fingerprint density at radius 2 is 1.69 bits per heavy atom. The third-order valence-electron chi connectivity index (χ3n) is 9.84. The van der Waals surface area contributed by atoms with Crippen molar-refractivity contribution in [3.05, 3.63) is 119 Å². The van der Waals surface area contributed by atoms with Gasteiger partial charge in [-0.15, -0.1) is 6.42 Å². The van der Waals surface area contributed by atoms with Crippen LogP contribution in [0.5, 0.6) is 0 Å². The van der Waals surface area contributed by atoms with Gasteiger partial charge in [-0.05, 0) is 92.1 Å². The number of terminal acetylenes is 1. The molecule has 5 heteroatoms. The molecule has 0 N–H and O–H groups in total. The summed E-state index contributed by atoms with van der Waals surface area (Å²) in [5, 5.41) is 2.39. The maximum Gasteiger partial charge on any atom is 0.261 e. The number of ether oxygens (including phenoxy) is 3. The molecule has 0 radical (unpaired) electrons. The molecule has 2 aromatic carbocycles. The Bertz CT molecular complexity index is 1540. The molecule has 4 nitrogen and oxygen atoms in total. The molecule has 1 aliphatic carbocycles. The summed E-state index contributed by atoms with van der Waals surface area (Å²) in [6, 6.07) is 21.7. The monoisotopic (exact) mass is 662 g/mol. The maximum atomic E-state index is 7.51. The van der Waals surface area contributed by atoms with Crippen LogP contribution in [0.3, 0.4) is 0 Å². The summed E-state index contributed by atoms with van der Waals surface area (Å²) < 4.78 is 27.5. The summed E-state index contributed by atoms with van der Waals surface area (Å²) in [6.07, 6.45) is 22.2. The topological polar surface area (TPSA) is 36.9 Å². The summed E-state index contributed by atoms with van der Waals surface area (Å²) in [4.78, 5) is 0. The Morgan fingerprint density at radius 3 is 2.29 bits per heavy atom. The van der Waals surface area contributed by atoms with E-state index in [-0.39, 0.29) is 35.9 Å². The van der Waals surface area contributed by atoms with Gasteiger partial charge in [0.25, 0.3) is 8.32 Å². The number of allylic oxidation sites excluding steroid dienone is 3. The number of fused-ring (bicyclic) bond motifs is 1. The fraction of sp³-hybridized carbons (Fsp3) is 0.442. The van der Waals surface area contributed by atoms with Gasteiger partial charge in [-0.1, -0.05) is 123 Å². The second kappa shape index (κ2) is 15.5. The highest BCUT2D eigenvalue weighted by Crippen LogP contribution is 2.44. The summed E-state index contributed by atoms with van der Waals surface area (Å²) in [5.41, 5.74) is 5.01. The lowest BCUT2D eigenvalue weighted by Crippen LogP contribution is -2.67. The van der Waals surface area contributed by atoms with Crippen molar-refractivity contribution in [3.63, 3.8) is 0 Å². The van der Waals surface area contributed by atoms with Crippen LogP contribution in [0.4, 0.5) is 0 Å². The SMILES string of the molecule is C#CCOC1C[C@@H]2C(CO[Si](c3ccccc3)(c3ccccc3)C(C)(C)C)=C[C@]3(C=CC[C@@H](C=C(C)CCC=C(C)C)O3)O[C@@H]2C=C1C. The van der Waals surface area contributed by atoms with Gasteiger partial charge in [0.15, 0.2) is 0 Å². The summed E-state index contributed by atoms with van der Waals surface area (Å²) in [7, 11) is -2.79. The Hall–Kier alpha value is -3.24. The van der Waals surface area contributed by atoms with Gasteiger partial charge in [-0.25, -0.2) is 0 Å². The van der Waals surface area contributed by atoms with Crippen molar-refractivity contribution < 1.29 is 18.6 Å². The van der Waals surface area contributed by atoms with Crippen LogP contribution in [0.25, 0.3) is 0 Å². The minimum atomic E-state index is -2.79. The second-order valence-electron chi connectivity index (χ2n) is 14.9. The normalized spacial score (nSPS) is 25.9. The van der Waals surface area contributed by atoms with Crippen LogP contribution in [0.1, 0.15) is 74.1 Å². The van der Waals surface area contributed by atoms with Crippen molar-refractivity contribution in [2.45, 2.75) is 103 Å². The molecular formula is C43H54O4Si. The Labute approximate surface area is 290 Å². The quantitative estimate of drug-likeness (QED) is 0.137. The molecule has 2 aromatic rings. The van der Waals surface area contributed by atoms with E-state index in [1.807, 2.05) is 0 Å². The first-order valence-corrected chi connectivity index (χ1v) is 19.4. The highest BCUT2D eigenvalue weighted by atomic mass is 28.4. The number of rotatable bonds is 11. The van der Waals surface area contributed by atoms with Crippen molar-refractivity contribution in [2.75, 3.05) is 13.2 Å². The van der Waals surface area contributed by atoms with E-state index in [4.69, 9.17) is 25.1 Å². The van der Waals surface area contributed by atoms with Crippen molar-refractivity contribution in [3.8, 4) is 12.3 Å². The van der Waals surface area contributed by atoms with Crippen LogP contribution in [-0.4, -0.2) is 45.6 Å². The lowest BCUT2D eigenvalue weighted by molar-refractivity contribution is -0.225. The van der Waals surface area contributed by atoms with Gasteiger partial charge in [-0.3, -0.25) is 0 Å². The molecule has 0 saturated heterocycles. The molecule has 0 amide bonds. The standard InChI is InChI=1S/C43H54O4Si/c1-9-26-44-40-29-39-35(31-45-48(42(6,7)8,37-21-12-10-13-22-37)38-23-14-11-15-24-38)30-43(47-41(39)28-34(40)5)25-17-20-36(46-43)27-33(4)19-16-18-32(2)3/h1,10-15,17-18,21-25,27-28,30,36,39-41H,16,19-20,26,29,31H2,2-8H3/t36-,39+,40?,41+,43-/m0/s1. The van der Waals surface area contributed by atoms with Crippen LogP contribution in [-0.2, 0) is 18.6 Å². The van der Waals surface area contributed by atoms with E-state index in [9.17, 15) is 0 Å². The maximum absolute atomic E-state index is 7.51. The fourth-order valence-corrected chi connectivity index (χ4v) is 12.0. The predicted molar refractivity (Wildman–Crippen MR) is 201 cm³/mol. The van der Waals surface area contributed by atoms with E-state index in [1.165, 1.54) is 27.1 Å². The molecule has 2 heterocycles. The van der Waals surface area contributed by atoms with Crippen LogP contribution in [0, 0.1) is 18.3 Å². The molecule has 1 unspecified atom stereocenters. The first-order chi connectivity index (χ1) is 23.0. The van der Waals surface area contributed by atoms with Crippen molar-refractivity contribution in [1.29, 1.82) is 0 Å². The van der Waals surface area contributed by atoms with Gasteiger partial charge in [0.1, 0.15) is 6.61 Å². The Morgan fingerprint density at radius 1 is 1.02 bits per heavy atom. The minimum absolute atomic E-state index is 0.0686. The molecule has 0 bridgehead atoms. The number of hydrogen-bond acceptors (Lipinski definition) is 4. The highest BCUT2D eigenvalue weighted by Gasteiger charge is 2.52. The molecule has 254 valence electrons. The highest BCUT2D eigenvalue weighted by molar-refractivity contribution is 6.99. The van der Waals surface area contributed by atoms with E-state index < -0.39 is 14.1 Å². The average molecular weight is 663 g/mol. The molecule has 1 spiro atoms. The van der Waals surface area contributed by atoms with Crippen molar-refractivity contribution in [1.82, 2.24) is 0 Å². The number of hydrogen-bond donors (Lipinski definition) is 0. The Balaban J connectivity index is 1.53. The molecule has 2 aliphatic heterocycles. The summed E-state index contributed by atoms with van der Waals surface area (Å²) in [6.45, 7) is 16.3. The third-order valence-corrected chi connectivity index (χ3v) is 14.8. The van der Waals surface area contributed by atoms with Crippen LogP contribution in [0.15, 0.2) is 119 Å². The van der Waals surface area contributed by atoms with Gasteiger partial charge in [0, 0.05) is 5.92 Å². The summed E-state index contributed by atoms with van der Waals surface area (Å²) >= 11 is 0. The van der Waals surface area contributed by atoms with Crippen LogP contribution in [0.2, 0.25) is 5.04 Å². The number of benzene rings is 2. The summed E-state index contributed by atoms with van der Waals surface area (Å²) in [5.74, 6) is 1.74. The van der Waals surface area contributed by atoms with Crippen LogP contribution < -0.4 is 10.4 Å². The molecule has 48 heavy (non-hydrogen) atoms.